The van der Waals surface area contributed by atoms with Gasteiger partial charge in [0.1, 0.15) is 5.54 Å². The molecule has 2 atom stereocenters. The van der Waals surface area contributed by atoms with Gasteiger partial charge in [0.2, 0.25) is 5.91 Å². The van der Waals surface area contributed by atoms with Gasteiger partial charge in [0.05, 0.1) is 0 Å². The number of carbonyl (C=O) groups excluding carboxylic acids is 2. The summed E-state index contributed by atoms with van der Waals surface area (Å²) in [4.78, 5) is 24.1. The van der Waals surface area contributed by atoms with Crippen molar-refractivity contribution in [2.75, 3.05) is 0 Å². The molecule has 1 fully saturated rings. The van der Waals surface area contributed by atoms with Crippen molar-refractivity contribution in [1.29, 1.82) is 0 Å². The van der Waals surface area contributed by atoms with Crippen LogP contribution in [0.2, 0.25) is 5.02 Å². The van der Waals surface area contributed by atoms with Crippen LogP contribution in [0.15, 0.2) is 24.3 Å². The molecule has 0 saturated heterocycles. The molecule has 102 valence electrons. The molecule has 0 aromatic heterocycles. The Morgan fingerprint density at radius 1 is 1.42 bits per heavy atom. The van der Waals surface area contributed by atoms with E-state index in [1.165, 1.54) is 6.92 Å². The van der Waals surface area contributed by atoms with Gasteiger partial charge in [-0.3, -0.25) is 9.59 Å². The summed E-state index contributed by atoms with van der Waals surface area (Å²) in [6.07, 6.45) is 1.99. The summed E-state index contributed by atoms with van der Waals surface area (Å²) in [5.41, 5.74) is -0.236. The van der Waals surface area contributed by atoms with E-state index in [2.05, 4.69) is 12.2 Å². The lowest BCUT2D eigenvalue weighted by Crippen LogP contribution is -2.53. The zero-order valence-corrected chi connectivity index (χ0v) is 12.0. The van der Waals surface area contributed by atoms with Crippen molar-refractivity contribution in [1.82, 2.24) is 5.32 Å². The quantitative estimate of drug-likeness (QED) is 0.904. The average molecular weight is 280 g/mol. The van der Waals surface area contributed by atoms with E-state index in [1.807, 2.05) is 18.2 Å². The molecule has 0 radical (unpaired) electrons. The smallest absolute Gasteiger partial charge is 0.217 e. The van der Waals surface area contributed by atoms with E-state index in [0.29, 0.717) is 29.3 Å². The van der Waals surface area contributed by atoms with Crippen LogP contribution in [0.25, 0.3) is 0 Å². The highest BCUT2D eigenvalue weighted by Crippen LogP contribution is 2.39. The Bertz CT molecular complexity index is 515. The second-order valence-electron chi connectivity index (χ2n) is 5.34. The number of nitrogens with one attached hydrogen (secondary N) is 1. The number of Topliss-reactive ketones (excluding diaryl/α,β-unsaturated/α-hetero) is 1. The number of ketones is 1. The highest BCUT2D eigenvalue weighted by atomic mass is 35.5. The minimum absolute atomic E-state index is 0.0505. The molecule has 1 N–H and O–H groups in total. The van der Waals surface area contributed by atoms with E-state index < -0.39 is 5.54 Å². The van der Waals surface area contributed by atoms with Gasteiger partial charge in [-0.05, 0) is 24.8 Å². The number of hydrogen-bond donors (Lipinski definition) is 1. The summed E-state index contributed by atoms with van der Waals surface area (Å²) in [6.45, 7) is 3.49. The number of benzene rings is 1. The molecule has 2 rings (SSSR count). The van der Waals surface area contributed by atoms with Gasteiger partial charge in [-0.1, -0.05) is 36.7 Å². The average Bonchev–Trinajstić information content (AvgIpc) is 2.33. The second kappa shape index (κ2) is 5.33. The maximum Gasteiger partial charge on any atom is 0.217 e. The predicted molar refractivity (Wildman–Crippen MR) is 75.0 cm³/mol. The fraction of sp³-hybridized carbons (Fsp3) is 0.467. The Kier molecular flexibility index (Phi) is 3.95. The van der Waals surface area contributed by atoms with Crippen LogP contribution >= 0.6 is 11.6 Å². The lowest BCUT2D eigenvalue weighted by atomic mass is 9.72. The van der Waals surface area contributed by atoms with Crippen molar-refractivity contribution in [3.05, 3.63) is 34.9 Å². The van der Waals surface area contributed by atoms with E-state index in [0.717, 1.165) is 6.42 Å². The third-order valence-electron chi connectivity index (χ3n) is 3.75. The summed E-state index contributed by atoms with van der Waals surface area (Å²) >= 11 is 6.23. The van der Waals surface area contributed by atoms with Crippen molar-refractivity contribution in [2.45, 2.75) is 38.6 Å². The molecule has 0 aliphatic heterocycles. The molecule has 1 aliphatic rings. The molecule has 0 heterocycles. The number of halogens is 1. The SMILES string of the molecule is CC(=O)N[C@@]1(c2ccccc2Cl)CC[C@@H](C)CC1=O. The fourth-order valence-electron chi connectivity index (χ4n) is 2.79. The summed E-state index contributed by atoms with van der Waals surface area (Å²) in [5.74, 6) is 0.203. The van der Waals surface area contributed by atoms with Gasteiger partial charge in [-0.25, -0.2) is 0 Å². The minimum atomic E-state index is -0.948. The normalized spacial score (nSPS) is 27.1. The van der Waals surface area contributed by atoms with Crippen LogP contribution in [-0.4, -0.2) is 11.7 Å². The number of rotatable bonds is 2. The maximum absolute atomic E-state index is 12.5. The van der Waals surface area contributed by atoms with Gasteiger partial charge in [0, 0.05) is 23.9 Å². The van der Waals surface area contributed by atoms with Crippen molar-refractivity contribution < 1.29 is 9.59 Å². The Morgan fingerprint density at radius 3 is 2.68 bits per heavy atom. The van der Waals surface area contributed by atoms with Crippen LogP contribution in [-0.2, 0) is 15.1 Å². The lowest BCUT2D eigenvalue weighted by Gasteiger charge is -2.39. The lowest BCUT2D eigenvalue weighted by molar-refractivity contribution is -0.134. The Hall–Kier alpha value is -1.35. The molecular formula is C15H18ClNO2. The molecule has 0 spiro atoms. The second-order valence-corrected chi connectivity index (χ2v) is 5.74. The summed E-state index contributed by atoms with van der Waals surface area (Å²) < 4.78 is 0. The van der Waals surface area contributed by atoms with Crippen molar-refractivity contribution in [3.8, 4) is 0 Å². The van der Waals surface area contributed by atoms with E-state index in [9.17, 15) is 9.59 Å². The molecule has 1 saturated carbocycles. The van der Waals surface area contributed by atoms with Gasteiger partial charge < -0.3 is 5.32 Å². The summed E-state index contributed by atoms with van der Waals surface area (Å²) in [7, 11) is 0. The first kappa shape index (κ1) is 14.1. The first-order chi connectivity index (χ1) is 8.95. The third-order valence-corrected chi connectivity index (χ3v) is 4.07. The Labute approximate surface area is 118 Å². The molecule has 1 amide bonds. The molecular weight excluding hydrogens is 262 g/mol. The van der Waals surface area contributed by atoms with Gasteiger partial charge in [-0.2, -0.15) is 0 Å². The molecule has 0 bridgehead atoms. The number of hydrogen-bond acceptors (Lipinski definition) is 2. The van der Waals surface area contributed by atoms with E-state index >= 15 is 0 Å². The number of amides is 1. The predicted octanol–water partition coefficient (Wildman–Crippen LogP) is 3.06. The molecule has 4 heteroatoms. The van der Waals surface area contributed by atoms with Gasteiger partial charge in [-0.15, -0.1) is 0 Å². The largest absolute Gasteiger partial charge is 0.340 e. The summed E-state index contributed by atoms with van der Waals surface area (Å²) in [5, 5.41) is 3.38. The number of carbonyl (C=O) groups is 2. The van der Waals surface area contributed by atoms with Gasteiger partial charge >= 0.3 is 0 Å². The minimum Gasteiger partial charge on any atom is -0.340 e. The van der Waals surface area contributed by atoms with Crippen molar-refractivity contribution >= 4 is 23.3 Å². The molecule has 19 heavy (non-hydrogen) atoms. The van der Waals surface area contributed by atoms with Crippen LogP contribution in [0.3, 0.4) is 0 Å². The molecule has 3 nitrogen and oxygen atoms in total. The molecule has 1 aromatic carbocycles. The van der Waals surface area contributed by atoms with Gasteiger partial charge in [0.25, 0.3) is 0 Å². The molecule has 1 aromatic rings. The highest BCUT2D eigenvalue weighted by molar-refractivity contribution is 6.31. The first-order valence-corrected chi connectivity index (χ1v) is 6.90. The summed E-state index contributed by atoms with van der Waals surface area (Å²) in [6, 6.07) is 7.25. The zero-order chi connectivity index (χ0) is 14.0. The van der Waals surface area contributed by atoms with Crippen LogP contribution in [0.1, 0.15) is 38.7 Å². The van der Waals surface area contributed by atoms with Gasteiger partial charge in [0.15, 0.2) is 5.78 Å². The Balaban J connectivity index is 2.49. The fourth-order valence-corrected chi connectivity index (χ4v) is 3.08. The molecule has 1 aliphatic carbocycles. The van der Waals surface area contributed by atoms with Crippen LogP contribution in [0.5, 0.6) is 0 Å². The van der Waals surface area contributed by atoms with Crippen LogP contribution < -0.4 is 5.32 Å². The van der Waals surface area contributed by atoms with E-state index in [4.69, 9.17) is 11.6 Å². The maximum atomic E-state index is 12.5. The first-order valence-electron chi connectivity index (χ1n) is 6.53. The monoisotopic (exact) mass is 279 g/mol. The third kappa shape index (κ3) is 2.66. The van der Waals surface area contributed by atoms with Crippen molar-refractivity contribution in [3.63, 3.8) is 0 Å². The van der Waals surface area contributed by atoms with Crippen LogP contribution in [0.4, 0.5) is 0 Å². The standard InChI is InChI=1S/C15H18ClNO2/c1-10-7-8-15(14(19)9-10,17-11(2)18)12-5-3-4-6-13(12)16/h3-6,10H,7-9H2,1-2H3,(H,17,18)/t10-,15-/m1/s1. The van der Waals surface area contributed by atoms with Crippen molar-refractivity contribution in [2.24, 2.45) is 5.92 Å². The molecule has 0 unspecified atom stereocenters. The van der Waals surface area contributed by atoms with E-state index in [1.54, 1.807) is 6.07 Å². The van der Waals surface area contributed by atoms with E-state index in [-0.39, 0.29) is 11.7 Å². The topological polar surface area (TPSA) is 46.2 Å². The Morgan fingerprint density at radius 2 is 2.11 bits per heavy atom. The van der Waals surface area contributed by atoms with Crippen LogP contribution in [0, 0.1) is 5.92 Å². The highest BCUT2D eigenvalue weighted by Gasteiger charge is 2.44. The zero-order valence-electron chi connectivity index (χ0n) is 11.2.